The minimum Gasteiger partial charge on any atom is -0.337 e. The molecule has 4 rings (SSSR count). The van der Waals surface area contributed by atoms with Crippen LogP contribution in [0, 0.1) is 5.92 Å². The minimum absolute atomic E-state index is 0.0974. The first-order chi connectivity index (χ1) is 10.8. The van der Waals surface area contributed by atoms with Gasteiger partial charge in [-0.3, -0.25) is 4.79 Å². The maximum Gasteiger partial charge on any atom is 0.249 e. The number of nitrogens with zero attached hydrogens (tertiary/aromatic N) is 5. The zero-order valence-electron chi connectivity index (χ0n) is 12.2. The van der Waals surface area contributed by atoms with Crippen molar-refractivity contribution in [1.29, 1.82) is 0 Å². The summed E-state index contributed by atoms with van der Waals surface area (Å²) in [5, 5.41) is 11.8. The number of carbonyl (C=O) groups is 1. The third-order valence-corrected chi connectivity index (χ3v) is 4.24. The van der Waals surface area contributed by atoms with E-state index >= 15 is 0 Å². The van der Waals surface area contributed by atoms with Gasteiger partial charge < -0.3 is 9.42 Å². The van der Waals surface area contributed by atoms with Crippen molar-refractivity contribution in [2.24, 2.45) is 5.92 Å². The van der Waals surface area contributed by atoms with Gasteiger partial charge in [-0.15, -0.1) is 5.10 Å². The van der Waals surface area contributed by atoms with Gasteiger partial charge in [-0.25, -0.2) is 0 Å². The highest BCUT2D eigenvalue weighted by atomic mass is 16.5. The predicted molar refractivity (Wildman–Crippen MR) is 76.4 cm³/mol. The topological polar surface area (TPSA) is 85.0 Å². The van der Waals surface area contributed by atoms with Gasteiger partial charge in [0, 0.05) is 18.7 Å². The maximum absolute atomic E-state index is 12.4. The van der Waals surface area contributed by atoms with Crippen molar-refractivity contribution in [3.05, 3.63) is 24.2 Å². The summed E-state index contributed by atoms with van der Waals surface area (Å²) >= 11 is 0. The molecule has 1 amide bonds. The summed E-state index contributed by atoms with van der Waals surface area (Å²) in [5.74, 6) is 1.38. The lowest BCUT2D eigenvalue weighted by Crippen LogP contribution is -2.39. The van der Waals surface area contributed by atoms with E-state index < -0.39 is 0 Å². The molecule has 0 spiro atoms. The average Bonchev–Trinajstić information content (AvgIpc) is 3.32. The third kappa shape index (κ3) is 2.47. The highest BCUT2D eigenvalue weighted by Crippen LogP contribution is 2.37. The summed E-state index contributed by atoms with van der Waals surface area (Å²) in [7, 11) is 0. The summed E-state index contributed by atoms with van der Waals surface area (Å²) in [4.78, 5) is 18.8. The molecule has 2 aromatic rings. The van der Waals surface area contributed by atoms with E-state index in [-0.39, 0.29) is 17.9 Å². The Hall–Kier alpha value is -2.31. The lowest BCUT2D eigenvalue weighted by molar-refractivity contribution is -0.137. The van der Waals surface area contributed by atoms with E-state index in [0.29, 0.717) is 17.4 Å². The quantitative estimate of drug-likeness (QED) is 0.861. The van der Waals surface area contributed by atoms with Crippen molar-refractivity contribution in [3.63, 3.8) is 0 Å². The largest absolute Gasteiger partial charge is 0.337 e. The number of likely N-dealkylation sites (tertiary alicyclic amines) is 1. The van der Waals surface area contributed by atoms with Gasteiger partial charge in [0.25, 0.3) is 0 Å². The highest BCUT2D eigenvalue weighted by Gasteiger charge is 2.39. The number of hydrogen-bond acceptors (Lipinski definition) is 6. The normalized spacial score (nSPS) is 21.8. The Labute approximate surface area is 127 Å². The molecule has 2 aromatic heterocycles. The van der Waals surface area contributed by atoms with Gasteiger partial charge in [0.1, 0.15) is 11.7 Å². The van der Waals surface area contributed by atoms with Crippen LogP contribution in [0.2, 0.25) is 0 Å². The van der Waals surface area contributed by atoms with Gasteiger partial charge in [-0.05, 0) is 44.2 Å². The second-order valence-electron chi connectivity index (χ2n) is 5.88. The Bertz CT molecular complexity index is 668. The molecule has 7 nitrogen and oxygen atoms in total. The third-order valence-electron chi connectivity index (χ3n) is 4.24. The van der Waals surface area contributed by atoms with Crippen LogP contribution in [-0.2, 0) is 4.79 Å². The van der Waals surface area contributed by atoms with Gasteiger partial charge in [0.05, 0.1) is 0 Å². The first kappa shape index (κ1) is 13.4. The molecule has 7 heteroatoms. The molecule has 0 aromatic carbocycles. The second-order valence-corrected chi connectivity index (χ2v) is 5.88. The van der Waals surface area contributed by atoms with Crippen LogP contribution in [0.5, 0.6) is 0 Å². The summed E-state index contributed by atoms with van der Waals surface area (Å²) in [6.07, 6.45) is 6.61. The van der Waals surface area contributed by atoms with Crippen LogP contribution < -0.4 is 0 Å². The number of carbonyl (C=O) groups excluding carboxylic acids is 1. The van der Waals surface area contributed by atoms with Crippen molar-refractivity contribution in [2.45, 2.75) is 38.1 Å². The highest BCUT2D eigenvalue weighted by molar-refractivity contribution is 5.81. The summed E-state index contributed by atoms with van der Waals surface area (Å²) in [5.41, 5.74) is 0.577. The number of piperidine rings is 1. The fraction of sp³-hybridized carbons (Fsp3) is 0.533. The van der Waals surface area contributed by atoms with Crippen molar-refractivity contribution in [3.8, 4) is 11.5 Å². The van der Waals surface area contributed by atoms with Crippen LogP contribution in [-0.4, -0.2) is 37.7 Å². The molecule has 1 unspecified atom stereocenters. The molecule has 2 fully saturated rings. The van der Waals surface area contributed by atoms with Crippen LogP contribution in [0.1, 0.15) is 44.0 Å². The smallest absolute Gasteiger partial charge is 0.249 e. The first-order valence-electron chi connectivity index (χ1n) is 7.75. The first-order valence-corrected chi connectivity index (χ1v) is 7.75. The van der Waals surface area contributed by atoms with E-state index in [4.69, 9.17) is 4.52 Å². The molecule has 114 valence electrons. The summed E-state index contributed by atoms with van der Waals surface area (Å²) in [6, 6.07) is 3.47. The Balaban J connectivity index is 1.59. The Kier molecular flexibility index (Phi) is 3.32. The minimum atomic E-state index is -0.0974. The monoisotopic (exact) mass is 299 g/mol. The van der Waals surface area contributed by atoms with E-state index in [9.17, 15) is 4.79 Å². The molecule has 1 aliphatic heterocycles. The molecule has 1 saturated carbocycles. The molecule has 0 bridgehead atoms. The number of rotatable bonds is 3. The van der Waals surface area contributed by atoms with E-state index in [2.05, 4.69) is 20.3 Å². The van der Waals surface area contributed by atoms with Gasteiger partial charge in [-0.1, -0.05) is 5.16 Å². The zero-order chi connectivity index (χ0) is 14.9. The van der Waals surface area contributed by atoms with Crippen LogP contribution in [0.25, 0.3) is 11.5 Å². The fourth-order valence-corrected chi connectivity index (χ4v) is 2.91. The van der Waals surface area contributed by atoms with E-state index in [1.54, 1.807) is 18.3 Å². The molecule has 0 N–H and O–H groups in total. The average molecular weight is 299 g/mol. The zero-order valence-corrected chi connectivity index (χ0v) is 12.2. The standard InChI is InChI=1S/C15H17N5O2/c21-15(10-6-7-10)20-9-2-1-5-12(20)14-17-13(19-22-14)11-4-3-8-16-18-11/h3-4,8,10,12H,1-2,5-7,9H2. The van der Waals surface area contributed by atoms with Crippen LogP contribution in [0.4, 0.5) is 0 Å². The van der Waals surface area contributed by atoms with Gasteiger partial charge in [0.15, 0.2) is 0 Å². The molecular weight excluding hydrogens is 282 g/mol. The van der Waals surface area contributed by atoms with Gasteiger partial charge in [-0.2, -0.15) is 10.1 Å². The van der Waals surface area contributed by atoms with Crippen LogP contribution in [0.3, 0.4) is 0 Å². The SMILES string of the molecule is O=C(C1CC1)N1CCCCC1c1nc(-c2cccnn2)no1. The van der Waals surface area contributed by atoms with E-state index in [1.165, 1.54) is 0 Å². The van der Waals surface area contributed by atoms with Gasteiger partial charge >= 0.3 is 0 Å². The van der Waals surface area contributed by atoms with Crippen LogP contribution in [0.15, 0.2) is 22.9 Å². The van der Waals surface area contributed by atoms with Crippen molar-refractivity contribution in [1.82, 2.24) is 25.2 Å². The summed E-state index contributed by atoms with van der Waals surface area (Å²) < 4.78 is 5.42. The second kappa shape index (κ2) is 5.47. The Morgan fingerprint density at radius 3 is 2.95 bits per heavy atom. The fourth-order valence-electron chi connectivity index (χ4n) is 2.91. The molecular formula is C15H17N5O2. The molecule has 0 radical (unpaired) electrons. The van der Waals surface area contributed by atoms with E-state index in [1.807, 2.05) is 4.90 Å². The molecule has 22 heavy (non-hydrogen) atoms. The number of hydrogen-bond donors (Lipinski definition) is 0. The number of amides is 1. The van der Waals surface area contributed by atoms with Crippen LogP contribution >= 0.6 is 0 Å². The maximum atomic E-state index is 12.4. The number of aromatic nitrogens is 4. The van der Waals surface area contributed by atoms with Gasteiger partial charge in [0.2, 0.25) is 17.6 Å². The predicted octanol–water partition coefficient (Wildman–Crippen LogP) is 1.99. The van der Waals surface area contributed by atoms with Crippen molar-refractivity contribution in [2.75, 3.05) is 6.54 Å². The molecule has 1 saturated heterocycles. The van der Waals surface area contributed by atoms with Crippen molar-refractivity contribution >= 4 is 5.91 Å². The molecule has 2 aliphatic rings. The Morgan fingerprint density at radius 1 is 1.27 bits per heavy atom. The Morgan fingerprint density at radius 2 is 2.18 bits per heavy atom. The molecule has 3 heterocycles. The summed E-state index contributed by atoms with van der Waals surface area (Å²) in [6.45, 7) is 0.781. The molecule has 1 aliphatic carbocycles. The van der Waals surface area contributed by atoms with E-state index in [0.717, 1.165) is 38.6 Å². The van der Waals surface area contributed by atoms with Crippen molar-refractivity contribution < 1.29 is 9.32 Å². The lowest BCUT2D eigenvalue weighted by atomic mass is 10.0. The molecule has 1 atom stereocenters. The lowest BCUT2D eigenvalue weighted by Gasteiger charge is -2.33.